The van der Waals surface area contributed by atoms with Crippen LogP contribution in [0.25, 0.3) is 22.2 Å². The quantitative estimate of drug-likeness (QED) is 0.362. The molecule has 8 nitrogen and oxygen atoms in total. The number of aromatic nitrogens is 3. The molecule has 0 saturated carbocycles. The minimum atomic E-state index is -0.427. The van der Waals surface area contributed by atoms with E-state index in [0.717, 1.165) is 49.3 Å². The maximum Gasteiger partial charge on any atom is 0.225 e. The third-order valence-electron chi connectivity index (χ3n) is 6.42. The first kappa shape index (κ1) is 25.0. The van der Waals surface area contributed by atoms with Gasteiger partial charge in [0.15, 0.2) is 0 Å². The lowest BCUT2D eigenvalue weighted by Crippen LogP contribution is -2.45. The van der Waals surface area contributed by atoms with Crippen LogP contribution in [0.4, 0.5) is 21.5 Å². The van der Waals surface area contributed by atoms with E-state index in [4.69, 9.17) is 11.6 Å². The molecular formula is C27H27ClFN7O. The van der Waals surface area contributed by atoms with Gasteiger partial charge in [-0.15, -0.1) is 0 Å². The number of fused-ring (bicyclic) bond motifs is 1. The minimum absolute atomic E-state index is 0.0174. The summed E-state index contributed by atoms with van der Waals surface area (Å²) in [5, 5.41) is 15.7. The van der Waals surface area contributed by atoms with Crippen molar-refractivity contribution in [1.82, 2.24) is 25.0 Å². The molecule has 0 radical (unpaired) electrons. The summed E-state index contributed by atoms with van der Waals surface area (Å²) in [5.41, 5.74) is 3.50. The number of anilines is 3. The molecule has 2 aromatic heterocycles. The molecule has 1 saturated heterocycles. The summed E-state index contributed by atoms with van der Waals surface area (Å²) < 4.78 is 14.3. The number of hydrogen-bond donors (Lipinski definition) is 2. The lowest BCUT2D eigenvalue weighted by molar-refractivity contribution is -0.116. The van der Waals surface area contributed by atoms with E-state index in [-0.39, 0.29) is 11.5 Å². The predicted octanol–water partition coefficient (Wildman–Crippen LogP) is 4.80. The number of nitrogens with one attached hydrogen (secondary N) is 2. The highest BCUT2D eigenvalue weighted by atomic mass is 35.5. The Kier molecular flexibility index (Phi) is 7.55. The summed E-state index contributed by atoms with van der Waals surface area (Å²) in [6.07, 6.45) is 3.70. The number of likely N-dealkylation sites (N-methyl/N-ethyl adjacent to an activating group) is 1. The van der Waals surface area contributed by atoms with Crippen molar-refractivity contribution >= 4 is 45.5 Å². The van der Waals surface area contributed by atoms with Crippen molar-refractivity contribution in [3.8, 4) is 11.3 Å². The zero-order chi connectivity index (χ0) is 25.8. The Morgan fingerprint density at radius 1 is 1.05 bits per heavy atom. The van der Waals surface area contributed by atoms with Crippen LogP contribution in [-0.4, -0.2) is 70.7 Å². The summed E-state index contributed by atoms with van der Waals surface area (Å²) in [6.45, 7) is 4.79. The zero-order valence-electron chi connectivity index (χ0n) is 20.4. The molecule has 10 heteroatoms. The topological polar surface area (TPSA) is 86.3 Å². The Labute approximate surface area is 219 Å². The van der Waals surface area contributed by atoms with Gasteiger partial charge in [0.1, 0.15) is 5.82 Å². The van der Waals surface area contributed by atoms with E-state index in [1.54, 1.807) is 18.5 Å². The Hall–Kier alpha value is -3.66. The fourth-order valence-electron chi connectivity index (χ4n) is 4.31. The normalized spacial score (nSPS) is 14.6. The Balaban J connectivity index is 1.28. The number of carbonyl (C=O) groups excluding carboxylic acids is 1. The van der Waals surface area contributed by atoms with Crippen LogP contribution in [0, 0.1) is 5.82 Å². The van der Waals surface area contributed by atoms with Crippen molar-refractivity contribution in [2.75, 3.05) is 50.4 Å². The van der Waals surface area contributed by atoms with E-state index in [0.29, 0.717) is 28.5 Å². The number of benzene rings is 2. The third-order valence-corrected chi connectivity index (χ3v) is 6.65. The second-order valence-electron chi connectivity index (χ2n) is 9.11. The highest BCUT2D eigenvalue weighted by Crippen LogP contribution is 2.30. The molecular weight excluding hydrogens is 493 g/mol. The summed E-state index contributed by atoms with van der Waals surface area (Å²) in [6, 6.07) is 13.5. The zero-order valence-corrected chi connectivity index (χ0v) is 21.2. The fraction of sp³-hybridized carbons (Fsp3) is 0.259. The lowest BCUT2D eigenvalue weighted by Gasteiger charge is -2.32. The number of piperazine rings is 1. The van der Waals surface area contributed by atoms with E-state index in [1.807, 2.05) is 24.3 Å². The van der Waals surface area contributed by atoms with E-state index in [9.17, 15) is 9.18 Å². The van der Waals surface area contributed by atoms with Gasteiger partial charge in [-0.05, 0) is 55.6 Å². The van der Waals surface area contributed by atoms with Gasteiger partial charge in [0.25, 0.3) is 0 Å². The Bertz CT molecular complexity index is 1430. The third kappa shape index (κ3) is 6.19. The van der Waals surface area contributed by atoms with Crippen molar-refractivity contribution in [3.63, 3.8) is 0 Å². The summed E-state index contributed by atoms with van der Waals surface area (Å²) >= 11 is 6.04. The van der Waals surface area contributed by atoms with E-state index in [2.05, 4.69) is 42.7 Å². The summed E-state index contributed by atoms with van der Waals surface area (Å²) in [5.74, 6) is -0.445. The fourth-order valence-corrected chi connectivity index (χ4v) is 4.48. The molecule has 2 aromatic carbocycles. The number of pyridine rings is 1. The highest BCUT2D eigenvalue weighted by Gasteiger charge is 2.15. The molecule has 4 aromatic rings. The monoisotopic (exact) mass is 519 g/mol. The van der Waals surface area contributed by atoms with E-state index >= 15 is 0 Å². The van der Waals surface area contributed by atoms with Gasteiger partial charge < -0.3 is 20.4 Å². The van der Waals surface area contributed by atoms with Gasteiger partial charge in [-0.1, -0.05) is 11.6 Å². The second kappa shape index (κ2) is 11.2. The highest BCUT2D eigenvalue weighted by molar-refractivity contribution is 6.30. The largest absolute Gasteiger partial charge is 0.354 e. The molecule has 1 aliphatic heterocycles. The van der Waals surface area contributed by atoms with Gasteiger partial charge in [0, 0.05) is 72.7 Å². The average Bonchev–Trinajstić information content (AvgIpc) is 2.90. The number of rotatable bonds is 7. The smallest absolute Gasteiger partial charge is 0.225 e. The van der Waals surface area contributed by atoms with Crippen molar-refractivity contribution in [1.29, 1.82) is 0 Å². The van der Waals surface area contributed by atoms with Gasteiger partial charge in [-0.25, -0.2) is 4.39 Å². The molecule has 0 aliphatic carbocycles. The van der Waals surface area contributed by atoms with Crippen molar-refractivity contribution in [2.45, 2.75) is 6.42 Å². The van der Waals surface area contributed by atoms with Crippen LogP contribution < -0.4 is 10.6 Å². The van der Waals surface area contributed by atoms with Crippen LogP contribution in [-0.2, 0) is 4.79 Å². The average molecular weight is 520 g/mol. The maximum atomic E-state index is 14.3. The molecule has 0 spiro atoms. The van der Waals surface area contributed by atoms with Gasteiger partial charge in [0.05, 0.1) is 23.1 Å². The molecule has 0 bridgehead atoms. The van der Waals surface area contributed by atoms with Crippen LogP contribution in [0.5, 0.6) is 0 Å². The van der Waals surface area contributed by atoms with Crippen LogP contribution in [0.3, 0.4) is 0 Å². The first-order chi connectivity index (χ1) is 17.9. The van der Waals surface area contributed by atoms with Gasteiger partial charge in [0.2, 0.25) is 5.91 Å². The molecule has 1 amide bonds. The molecule has 0 atom stereocenters. The molecule has 190 valence electrons. The molecule has 1 fully saturated rings. The van der Waals surface area contributed by atoms with Crippen LogP contribution in [0.2, 0.25) is 5.02 Å². The number of hydrogen-bond acceptors (Lipinski definition) is 7. The number of nitrogens with zero attached hydrogens (tertiary/aromatic N) is 5. The van der Waals surface area contributed by atoms with Crippen molar-refractivity contribution in [2.24, 2.45) is 0 Å². The van der Waals surface area contributed by atoms with Crippen LogP contribution >= 0.6 is 11.6 Å². The SMILES string of the molecule is CN1CCN(CCC(=O)Nc2ccc3c(Nc4cnnc(-c5cc(Cl)ccc5F)c4)ccnc3c2)CC1. The molecule has 37 heavy (non-hydrogen) atoms. The number of amides is 1. The van der Waals surface area contributed by atoms with Crippen LogP contribution in [0.15, 0.2) is 60.9 Å². The van der Waals surface area contributed by atoms with Crippen molar-refractivity contribution in [3.05, 3.63) is 71.8 Å². The Morgan fingerprint density at radius 3 is 2.73 bits per heavy atom. The van der Waals surface area contributed by atoms with E-state index in [1.165, 1.54) is 18.2 Å². The summed E-state index contributed by atoms with van der Waals surface area (Å²) in [7, 11) is 2.12. The molecule has 0 unspecified atom stereocenters. The van der Waals surface area contributed by atoms with E-state index < -0.39 is 5.82 Å². The van der Waals surface area contributed by atoms with Crippen molar-refractivity contribution < 1.29 is 9.18 Å². The van der Waals surface area contributed by atoms with Gasteiger partial charge in [-0.3, -0.25) is 9.78 Å². The number of carbonyl (C=O) groups is 1. The predicted molar refractivity (Wildman–Crippen MR) is 145 cm³/mol. The first-order valence-electron chi connectivity index (χ1n) is 12.1. The maximum absolute atomic E-state index is 14.3. The van der Waals surface area contributed by atoms with Gasteiger partial charge in [-0.2, -0.15) is 10.2 Å². The lowest BCUT2D eigenvalue weighted by atomic mass is 10.1. The molecule has 5 rings (SSSR count). The standard InChI is InChI=1S/C27H27ClFN7O/c1-35-10-12-36(13-11-35)9-7-27(37)33-19-3-4-21-24(6-8-30-25(21)15-19)32-20-16-26(34-31-17-20)22-14-18(28)2-5-23(22)29/h2-6,8,14-17H,7,9-13H2,1H3,(H,33,37)(H,30,32,34). The molecule has 3 heterocycles. The number of halogens is 2. The van der Waals surface area contributed by atoms with Gasteiger partial charge >= 0.3 is 0 Å². The Morgan fingerprint density at radius 2 is 1.89 bits per heavy atom. The molecule has 1 aliphatic rings. The second-order valence-corrected chi connectivity index (χ2v) is 9.55. The first-order valence-corrected chi connectivity index (χ1v) is 12.5. The minimum Gasteiger partial charge on any atom is -0.354 e. The van der Waals surface area contributed by atoms with Crippen LogP contribution in [0.1, 0.15) is 6.42 Å². The molecule has 2 N–H and O–H groups in total. The summed E-state index contributed by atoms with van der Waals surface area (Å²) in [4.78, 5) is 21.6.